The van der Waals surface area contributed by atoms with E-state index >= 15 is 0 Å². The second kappa shape index (κ2) is 11.7. The largest absolute Gasteiger partial charge is 0.278 e. The van der Waals surface area contributed by atoms with Gasteiger partial charge >= 0.3 is 0 Å². The van der Waals surface area contributed by atoms with Crippen molar-refractivity contribution in [2.24, 2.45) is 17.8 Å². The fourth-order valence-corrected chi connectivity index (χ4v) is 11.6. The van der Waals surface area contributed by atoms with Crippen LogP contribution in [-0.4, -0.2) is 14.5 Å². The Hall–Kier alpha value is -6.06. The van der Waals surface area contributed by atoms with E-state index < -0.39 is 0 Å². The SMILES string of the molecule is CC1CC2CCC3(c4ccccc4-c4ccc5c(c43)c3c4ccccc4ccc3n5-c3nc(-c4ccc(-c5ccccc5)cc4)c4ccccc4n3)C(C1)C2. The van der Waals surface area contributed by atoms with E-state index in [1.165, 1.54) is 86.9 Å². The highest BCUT2D eigenvalue weighted by Crippen LogP contribution is 2.64. The minimum atomic E-state index is -0.0113. The van der Waals surface area contributed by atoms with E-state index in [0.29, 0.717) is 5.92 Å². The van der Waals surface area contributed by atoms with Crippen LogP contribution in [0.5, 0.6) is 0 Å². The highest BCUT2D eigenvalue weighted by Gasteiger charge is 2.54. The smallest absolute Gasteiger partial charge is 0.235 e. The van der Waals surface area contributed by atoms with Crippen LogP contribution >= 0.6 is 0 Å². The fourth-order valence-electron chi connectivity index (χ4n) is 11.6. The van der Waals surface area contributed by atoms with Gasteiger partial charge in [-0.05, 0) is 112 Å². The Labute approximate surface area is 321 Å². The first-order chi connectivity index (χ1) is 27.2. The predicted octanol–water partition coefficient (Wildman–Crippen LogP) is 13.3. The highest BCUT2D eigenvalue weighted by atomic mass is 15.2. The van der Waals surface area contributed by atoms with Crippen LogP contribution < -0.4 is 0 Å². The summed E-state index contributed by atoms with van der Waals surface area (Å²) in [6, 6.07) is 55.7. The van der Waals surface area contributed by atoms with E-state index in [-0.39, 0.29) is 5.41 Å². The molecule has 9 aromatic rings. The van der Waals surface area contributed by atoms with Crippen LogP contribution in [0.15, 0.2) is 152 Å². The maximum atomic E-state index is 5.55. The number of nitrogens with zero attached hydrogens (tertiary/aromatic N) is 3. The average molecular weight is 708 g/mol. The Kier molecular flexibility index (Phi) is 6.67. The van der Waals surface area contributed by atoms with E-state index in [2.05, 4.69) is 163 Å². The van der Waals surface area contributed by atoms with E-state index in [4.69, 9.17) is 9.97 Å². The molecule has 2 bridgehead atoms. The van der Waals surface area contributed by atoms with Gasteiger partial charge in [0.1, 0.15) is 0 Å². The summed E-state index contributed by atoms with van der Waals surface area (Å²) in [6.45, 7) is 2.50. The Morgan fingerprint density at radius 2 is 1.27 bits per heavy atom. The number of aromatic nitrogens is 3. The quantitative estimate of drug-likeness (QED) is 0.183. The number of benzene rings is 7. The van der Waals surface area contributed by atoms with Gasteiger partial charge in [-0.1, -0.05) is 140 Å². The Morgan fingerprint density at radius 3 is 2.16 bits per heavy atom. The summed E-state index contributed by atoms with van der Waals surface area (Å²) in [5.74, 6) is 2.93. The zero-order valence-corrected chi connectivity index (χ0v) is 31.0. The molecule has 1 spiro atoms. The van der Waals surface area contributed by atoms with Gasteiger partial charge in [0.25, 0.3) is 0 Å². The third-order valence-corrected chi connectivity index (χ3v) is 13.7. The summed E-state index contributed by atoms with van der Waals surface area (Å²) in [4.78, 5) is 10.9. The molecule has 12 rings (SSSR count). The molecule has 55 heavy (non-hydrogen) atoms. The van der Waals surface area contributed by atoms with Crippen molar-refractivity contribution in [3.05, 3.63) is 163 Å². The van der Waals surface area contributed by atoms with Crippen LogP contribution in [0.3, 0.4) is 0 Å². The maximum absolute atomic E-state index is 5.55. The maximum Gasteiger partial charge on any atom is 0.235 e. The van der Waals surface area contributed by atoms with Gasteiger partial charge in [-0.15, -0.1) is 0 Å². The number of fused-ring (bicyclic) bond motifs is 15. The van der Waals surface area contributed by atoms with Crippen molar-refractivity contribution in [3.63, 3.8) is 0 Å². The molecule has 2 heterocycles. The fraction of sp³-hybridized carbons (Fsp3) is 0.192. The topological polar surface area (TPSA) is 30.7 Å². The van der Waals surface area contributed by atoms with Gasteiger partial charge < -0.3 is 0 Å². The van der Waals surface area contributed by atoms with Gasteiger partial charge in [0.05, 0.1) is 22.2 Å². The summed E-state index contributed by atoms with van der Waals surface area (Å²) in [7, 11) is 0. The lowest BCUT2D eigenvalue weighted by Gasteiger charge is -2.51. The molecule has 0 aliphatic heterocycles. The normalized spacial score (nSPS) is 21.4. The third kappa shape index (κ3) is 4.44. The number of para-hydroxylation sites is 1. The van der Waals surface area contributed by atoms with Crippen molar-refractivity contribution in [2.45, 2.75) is 44.4 Å². The summed E-state index contributed by atoms with van der Waals surface area (Å²) < 4.78 is 2.39. The van der Waals surface area contributed by atoms with Crippen molar-refractivity contribution in [1.29, 1.82) is 0 Å². The zero-order chi connectivity index (χ0) is 36.3. The molecule has 3 aliphatic rings. The number of rotatable bonds is 3. The lowest BCUT2D eigenvalue weighted by molar-refractivity contribution is 0.0863. The van der Waals surface area contributed by atoms with Crippen molar-refractivity contribution in [1.82, 2.24) is 14.5 Å². The van der Waals surface area contributed by atoms with Crippen molar-refractivity contribution in [2.75, 3.05) is 0 Å². The van der Waals surface area contributed by atoms with Gasteiger partial charge in [0.2, 0.25) is 5.95 Å². The highest BCUT2D eigenvalue weighted by molar-refractivity contribution is 6.24. The Balaban J connectivity index is 1.17. The van der Waals surface area contributed by atoms with E-state index in [1.54, 1.807) is 11.1 Å². The first-order valence-electron chi connectivity index (χ1n) is 20.2. The monoisotopic (exact) mass is 707 g/mol. The summed E-state index contributed by atoms with van der Waals surface area (Å²) in [5, 5.41) is 6.34. The molecule has 0 radical (unpaired) electrons. The second-order valence-electron chi connectivity index (χ2n) is 16.7. The average Bonchev–Trinajstić information content (AvgIpc) is 3.73. The zero-order valence-electron chi connectivity index (χ0n) is 31.0. The molecule has 2 saturated carbocycles. The molecule has 3 nitrogen and oxygen atoms in total. The lowest BCUT2D eigenvalue weighted by atomic mass is 9.53. The molecule has 264 valence electrons. The van der Waals surface area contributed by atoms with Crippen molar-refractivity contribution in [3.8, 4) is 39.5 Å². The van der Waals surface area contributed by atoms with Crippen LogP contribution in [0.25, 0.3) is 82.9 Å². The van der Waals surface area contributed by atoms with Crippen LogP contribution in [0.2, 0.25) is 0 Å². The Morgan fingerprint density at radius 1 is 0.564 bits per heavy atom. The van der Waals surface area contributed by atoms with Gasteiger partial charge in [-0.2, -0.15) is 0 Å². The van der Waals surface area contributed by atoms with Crippen LogP contribution in [0, 0.1) is 17.8 Å². The van der Waals surface area contributed by atoms with Gasteiger partial charge in [-0.25, -0.2) is 9.97 Å². The minimum Gasteiger partial charge on any atom is -0.278 e. The molecule has 0 saturated heterocycles. The number of hydrogen-bond acceptors (Lipinski definition) is 2. The first-order valence-corrected chi connectivity index (χ1v) is 20.2. The second-order valence-corrected chi connectivity index (χ2v) is 16.7. The molecular formula is C52H41N3. The molecule has 0 amide bonds. The van der Waals surface area contributed by atoms with Crippen molar-refractivity contribution >= 4 is 43.5 Å². The van der Waals surface area contributed by atoms with Crippen molar-refractivity contribution < 1.29 is 0 Å². The predicted molar refractivity (Wildman–Crippen MR) is 228 cm³/mol. The van der Waals surface area contributed by atoms with Crippen LogP contribution in [0.1, 0.15) is 50.2 Å². The first kappa shape index (κ1) is 31.3. The standard InChI is InChI=1S/C52H41N3/c1-32-29-33-27-28-52(38(30-32)31-33)43-17-9-7-15-40(43)41-24-26-46-48(49(41)52)47-39-14-6-5-13-36(39)23-25-45(47)55(46)51-53-44-18-10-8-16-42(44)50(54-51)37-21-19-35(20-22-37)34-11-3-2-4-12-34/h2-26,32-33,38H,27-31H2,1H3. The molecule has 2 aromatic heterocycles. The molecular weight excluding hydrogens is 667 g/mol. The molecule has 7 aromatic carbocycles. The van der Waals surface area contributed by atoms with Crippen LogP contribution in [0.4, 0.5) is 0 Å². The summed E-state index contributed by atoms with van der Waals surface area (Å²) in [5.41, 5.74) is 13.7. The molecule has 3 aliphatic carbocycles. The number of hydrogen-bond donors (Lipinski definition) is 0. The minimum absolute atomic E-state index is 0.0113. The van der Waals surface area contributed by atoms with Gasteiger partial charge in [-0.3, -0.25) is 4.57 Å². The molecule has 3 heteroatoms. The van der Waals surface area contributed by atoms with Gasteiger partial charge in [0.15, 0.2) is 0 Å². The molecule has 2 fully saturated rings. The van der Waals surface area contributed by atoms with E-state index in [9.17, 15) is 0 Å². The molecule has 4 unspecified atom stereocenters. The summed E-state index contributed by atoms with van der Waals surface area (Å²) >= 11 is 0. The van der Waals surface area contributed by atoms with E-state index in [0.717, 1.165) is 39.9 Å². The Bertz CT molecular complexity index is 2990. The van der Waals surface area contributed by atoms with E-state index in [1.807, 2.05) is 0 Å². The van der Waals surface area contributed by atoms with Crippen LogP contribution in [-0.2, 0) is 5.41 Å². The third-order valence-electron chi connectivity index (χ3n) is 13.7. The molecule has 0 N–H and O–H groups in total. The van der Waals surface area contributed by atoms with Gasteiger partial charge in [0, 0.05) is 27.1 Å². The summed E-state index contributed by atoms with van der Waals surface area (Å²) in [6.07, 6.45) is 6.51. The lowest BCUT2D eigenvalue weighted by Crippen LogP contribution is -2.44. The molecule has 4 atom stereocenters.